The fourth-order valence-electron chi connectivity index (χ4n) is 0. The van der Waals surface area contributed by atoms with E-state index in [-0.39, 0.29) is 59.1 Å². The third-order valence-corrected chi connectivity index (χ3v) is 0. The molecule has 10 heteroatoms. The van der Waals surface area contributed by atoms with Crippen molar-refractivity contribution in [3.05, 3.63) is 0 Å². The summed E-state index contributed by atoms with van der Waals surface area (Å²) in [6, 6.07) is 0. The molecule has 52 valence electrons. The molecule has 0 aliphatic carbocycles. The van der Waals surface area contributed by atoms with E-state index < -0.39 is 14.6 Å². The van der Waals surface area contributed by atoms with Crippen LogP contribution in [0.5, 0.6) is 0 Å². The molecule has 6 nitrogen and oxygen atoms in total. The molecule has 0 spiro atoms. The molecule has 0 aliphatic heterocycles. The van der Waals surface area contributed by atoms with Crippen molar-refractivity contribution >= 4 is 73.8 Å². The van der Waals surface area contributed by atoms with Crippen molar-refractivity contribution in [2.24, 2.45) is 0 Å². The standard InChI is InChI=1S/2BH3O3.2Na.2H/c2*2-1(3)4;;;;/h2*2-4H;;;;. The van der Waals surface area contributed by atoms with Crippen molar-refractivity contribution in [2.45, 2.75) is 0 Å². The Morgan fingerprint density at radius 1 is 0.500 bits per heavy atom. The van der Waals surface area contributed by atoms with Gasteiger partial charge in [-0.2, -0.15) is 0 Å². The Morgan fingerprint density at radius 2 is 0.500 bits per heavy atom. The summed E-state index contributed by atoms with van der Waals surface area (Å²) >= 11 is 0. The SMILES string of the molecule is OB(O)O.OB(O)O.[NaH].[NaH]. The maximum absolute atomic E-state index is 7.17. The van der Waals surface area contributed by atoms with Gasteiger partial charge in [-0.3, -0.25) is 0 Å². The molecule has 0 aromatic rings. The van der Waals surface area contributed by atoms with E-state index in [2.05, 4.69) is 0 Å². The van der Waals surface area contributed by atoms with Gasteiger partial charge in [-0.1, -0.05) is 0 Å². The van der Waals surface area contributed by atoms with Gasteiger partial charge < -0.3 is 30.1 Å². The van der Waals surface area contributed by atoms with Crippen molar-refractivity contribution in [3.8, 4) is 0 Å². The zero-order chi connectivity index (χ0) is 7.15. The summed E-state index contributed by atoms with van der Waals surface area (Å²) in [6.07, 6.45) is 0. The van der Waals surface area contributed by atoms with Crippen molar-refractivity contribution < 1.29 is 30.1 Å². The molecular formula is H8B2Na2O6. The van der Waals surface area contributed by atoms with Gasteiger partial charge in [0.05, 0.1) is 0 Å². The second kappa shape index (κ2) is 17.1. The number of rotatable bonds is 0. The Hall–Kier alpha value is 1.89. The van der Waals surface area contributed by atoms with Crippen LogP contribution in [0.25, 0.3) is 0 Å². The monoisotopic (exact) mass is 172 g/mol. The third kappa shape index (κ3) is 219. The minimum absolute atomic E-state index is 0. The zero-order valence-corrected chi connectivity index (χ0v) is 3.84. The van der Waals surface area contributed by atoms with Gasteiger partial charge in [0.1, 0.15) is 0 Å². The molecule has 10 heavy (non-hydrogen) atoms. The Kier molecular flexibility index (Phi) is 38.8. The van der Waals surface area contributed by atoms with Gasteiger partial charge in [0, 0.05) is 0 Å². The molecule has 0 heterocycles. The molecule has 0 amide bonds. The molecule has 0 bridgehead atoms. The molecule has 0 saturated heterocycles. The first-order valence-corrected chi connectivity index (χ1v) is 1.55. The fraction of sp³-hybridized carbons (Fsp3) is 0. The fourth-order valence-corrected chi connectivity index (χ4v) is 0. The Balaban J connectivity index is -0.0000000300. The van der Waals surface area contributed by atoms with Crippen molar-refractivity contribution in [1.82, 2.24) is 0 Å². The summed E-state index contributed by atoms with van der Waals surface area (Å²) in [5.41, 5.74) is 0. The molecule has 0 radical (unpaired) electrons. The van der Waals surface area contributed by atoms with E-state index in [0.29, 0.717) is 0 Å². The topological polar surface area (TPSA) is 121 Å². The Labute approximate surface area is 103 Å². The molecule has 0 saturated carbocycles. The van der Waals surface area contributed by atoms with Gasteiger partial charge in [-0.25, -0.2) is 0 Å². The summed E-state index contributed by atoms with van der Waals surface area (Å²) < 4.78 is 0. The molecule has 6 N–H and O–H groups in total. The van der Waals surface area contributed by atoms with E-state index in [1.54, 1.807) is 0 Å². The third-order valence-electron chi connectivity index (χ3n) is 0. The molecule has 0 fully saturated rings. The van der Waals surface area contributed by atoms with Gasteiger partial charge in [-0.15, -0.1) is 0 Å². The first kappa shape index (κ1) is 22.7. The molecule has 0 rings (SSSR count). The second-order valence-corrected chi connectivity index (χ2v) is 0.693. The predicted octanol–water partition coefficient (Wildman–Crippen LogP) is -5.40. The van der Waals surface area contributed by atoms with E-state index in [1.807, 2.05) is 0 Å². The van der Waals surface area contributed by atoms with E-state index >= 15 is 0 Å². The summed E-state index contributed by atoms with van der Waals surface area (Å²) in [4.78, 5) is 0. The summed E-state index contributed by atoms with van der Waals surface area (Å²) in [7, 11) is -4.33. The average molecular weight is 172 g/mol. The first-order valence-electron chi connectivity index (χ1n) is 1.55. The predicted molar refractivity (Wildman–Crippen MR) is 39.1 cm³/mol. The quantitative estimate of drug-likeness (QED) is 0.203. The van der Waals surface area contributed by atoms with Crippen LogP contribution in [0.2, 0.25) is 0 Å². The average Bonchev–Trinajstić information content (AvgIpc) is 1.25. The zero-order valence-electron chi connectivity index (χ0n) is 3.84. The van der Waals surface area contributed by atoms with Gasteiger partial charge in [0.2, 0.25) is 0 Å². The molecule has 0 atom stereocenters. The van der Waals surface area contributed by atoms with Gasteiger partial charge in [0.15, 0.2) is 0 Å². The van der Waals surface area contributed by atoms with Crippen LogP contribution in [0.1, 0.15) is 0 Å². The van der Waals surface area contributed by atoms with Crippen LogP contribution in [0.3, 0.4) is 0 Å². The molecular weight excluding hydrogens is 164 g/mol. The van der Waals surface area contributed by atoms with Crippen molar-refractivity contribution in [1.29, 1.82) is 0 Å². The van der Waals surface area contributed by atoms with E-state index in [4.69, 9.17) is 30.1 Å². The molecule has 0 unspecified atom stereocenters. The normalized spacial score (nSPS) is 5.40. The van der Waals surface area contributed by atoms with Gasteiger partial charge >= 0.3 is 73.8 Å². The number of hydrogen-bond acceptors (Lipinski definition) is 6. The first-order chi connectivity index (χ1) is 3.46. The molecule has 0 aromatic heterocycles. The van der Waals surface area contributed by atoms with Crippen LogP contribution >= 0.6 is 0 Å². The number of hydrogen-bond donors (Lipinski definition) is 6. The van der Waals surface area contributed by atoms with E-state index in [9.17, 15) is 0 Å². The van der Waals surface area contributed by atoms with E-state index in [1.165, 1.54) is 0 Å². The Bertz CT molecular complexity index is 29.2. The van der Waals surface area contributed by atoms with Crippen LogP contribution in [0.15, 0.2) is 0 Å². The second-order valence-electron chi connectivity index (χ2n) is 0.693. The molecule has 0 aliphatic rings. The minimum atomic E-state index is -2.17. The summed E-state index contributed by atoms with van der Waals surface area (Å²) in [5.74, 6) is 0. The van der Waals surface area contributed by atoms with Crippen LogP contribution in [0.4, 0.5) is 0 Å². The summed E-state index contributed by atoms with van der Waals surface area (Å²) in [5, 5.41) is 43.0. The van der Waals surface area contributed by atoms with Crippen molar-refractivity contribution in [3.63, 3.8) is 0 Å². The van der Waals surface area contributed by atoms with Gasteiger partial charge in [-0.05, 0) is 0 Å². The van der Waals surface area contributed by atoms with Gasteiger partial charge in [0.25, 0.3) is 0 Å². The van der Waals surface area contributed by atoms with Crippen LogP contribution < -0.4 is 0 Å². The van der Waals surface area contributed by atoms with Crippen LogP contribution in [-0.2, 0) is 0 Å². The van der Waals surface area contributed by atoms with Crippen molar-refractivity contribution in [2.75, 3.05) is 0 Å². The Morgan fingerprint density at radius 3 is 0.500 bits per heavy atom. The van der Waals surface area contributed by atoms with Crippen LogP contribution in [0, 0.1) is 0 Å². The van der Waals surface area contributed by atoms with Crippen LogP contribution in [-0.4, -0.2) is 104 Å². The van der Waals surface area contributed by atoms with E-state index in [0.717, 1.165) is 0 Å². The maximum atomic E-state index is 7.17. The summed E-state index contributed by atoms with van der Waals surface area (Å²) in [6.45, 7) is 0. The molecule has 0 aromatic carbocycles.